The van der Waals surface area contributed by atoms with E-state index < -0.39 is 10.0 Å². The highest BCUT2D eigenvalue weighted by Crippen LogP contribution is 2.27. The molecule has 0 aliphatic carbocycles. The van der Waals surface area contributed by atoms with Crippen molar-refractivity contribution in [2.24, 2.45) is 0 Å². The Morgan fingerprint density at radius 3 is 2.52 bits per heavy atom. The number of nitrogens with one attached hydrogen (secondary N) is 1. The summed E-state index contributed by atoms with van der Waals surface area (Å²) in [6.07, 6.45) is 0. The minimum Gasteiger partial charge on any atom is -0.494 e. The summed E-state index contributed by atoms with van der Waals surface area (Å²) in [4.78, 5) is 0.207. The van der Waals surface area contributed by atoms with Crippen molar-refractivity contribution < 1.29 is 13.2 Å². The van der Waals surface area contributed by atoms with Crippen LogP contribution in [0.25, 0.3) is 0 Å². The molecule has 0 aliphatic heterocycles. The van der Waals surface area contributed by atoms with E-state index >= 15 is 0 Å². The lowest BCUT2D eigenvalue weighted by atomic mass is 10.2. The smallest absolute Gasteiger partial charge is 0.263 e. The van der Waals surface area contributed by atoms with Crippen molar-refractivity contribution in [2.75, 3.05) is 11.3 Å². The van der Waals surface area contributed by atoms with Crippen LogP contribution in [0.4, 0.5) is 5.69 Å². The summed E-state index contributed by atoms with van der Waals surface area (Å²) in [5, 5.41) is 0. The number of rotatable bonds is 5. The van der Waals surface area contributed by atoms with Crippen LogP contribution in [-0.2, 0) is 10.0 Å². The second-order valence-electron chi connectivity index (χ2n) is 4.45. The monoisotopic (exact) mass is 369 g/mol. The van der Waals surface area contributed by atoms with Gasteiger partial charge in [-0.25, -0.2) is 8.42 Å². The molecule has 0 aliphatic rings. The maximum absolute atomic E-state index is 12.4. The Balaban J connectivity index is 2.31. The van der Waals surface area contributed by atoms with Gasteiger partial charge in [-0.05, 0) is 65.7 Å². The van der Waals surface area contributed by atoms with Gasteiger partial charge in [-0.1, -0.05) is 12.1 Å². The molecule has 0 spiro atoms. The first-order chi connectivity index (χ1) is 9.94. The van der Waals surface area contributed by atoms with Crippen molar-refractivity contribution >= 4 is 31.6 Å². The maximum Gasteiger partial charge on any atom is 0.263 e. The lowest BCUT2D eigenvalue weighted by Crippen LogP contribution is -2.14. The van der Waals surface area contributed by atoms with Crippen molar-refractivity contribution in [1.29, 1.82) is 0 Å². The zero-order chi connectivity index (χ0) is 15.5. The largest absolute Gasteiger partial charge is 0.494 e. The van der Waals surface area contributed by atoms with Gasteiger partial charge in [-0.15, -0.1) is 0 Å². The minimum absolute atomic E-state index is 0.207. The van der Waals surface area contributed by atoms with E-state index in [9.17, 15) is 8.42 Å². The van der Waals surface area contributed by atoms with Crippen LogP contribution in [0, 0.1) is 6.92 Å². The van der Waals surface area contributed by atoms with Crippen molar-refractivity contribution in [3.8, 4) is 5.75 Å². The van der Waals surface area contributed by atoms with Gasteiger partial charge in [0.15, 0.2) is 0 Å². The normalized spacial score (nSPS) is 11.2. The van der Waals surface area contributed by atoms with Crippen molar-refractivity contribution in [3.63, 3.8) is 0 Å². The summed E-state index contributed by atoms with van der Waals surface area (Å²) in [5.41, 5.74) is 1.34. The zero-order valence-electron chi connectivity index (χ0n) is 11.8. The third kappa shape index (κ3) is 3.77. The fraction of sp³-hybridized carbons (Fsp3) is 0.200. The predicted molar refractivity (Wildman–Crippen MR) is 87.3 cm³/mol. The first-order valence-corrected chi connectivity index (χ1v) is 8.72. The molecule has 0 saturated carbocycles. The Hall–Kier alpha value is -1.53. The molecule has 6 heteroatoms. The van der Waals surface area contributed by atoms with Crippen LogP contribution in [0.3, 0.4) is 0 Å². The van der Waals surface area contributed by atoms with Gasteiger partial charge >= 0.3 is 0 Å². The molecule has 0 unspecified atom stereocenters. The van der Waals surface area contributed by atoms with Gasteiger partial charge in [-0.2, -0.15) is 0 Å². The molecule has 2 aromatic rings. The molecule has 1 N–H and O–H groups in total. The molecule has 0 amide bonds. The third-order valence-electron chi connectivity index (χ3n) is 2.88. The number of anilines is 1. The maximum atomic E-state index is 12.4. The summed E-state index contributed by atoms with van der Waals surface area (Å²) >= 11 is 3.26. The molecule has 0 atom stereocenters. The number of hydrogen-bond donors (Lipinski definition) is 1. The van der Waals surface area contributed by atoms with Crippen LogP contribution in [-0.4, -0.2) is 15.0 Å². The van der Waals surface area contributed by atoms with E-state index in [0.29, 0.717) is 16.8 Å². The zero-order valence-corrected chi connectivity index (χ0v) is 14.2. The Kier molecular flexibility index (Phi) is 4.90. The molecule has 21 heavy (non-hydrogen) atoms. The highest BCUT2D eigenvalue weighted by molar-refractivity contribution is 9.10. The highest BCUT2D eigenvalue weighted by Gasteiger charge is 2.18. The Labute approximate surface area is 133 Å². The van der Waals surface area contributed by atoms with Gasteiger partial charge in [0, 0.05) is 4.47 Å². The fourth-order valence-corrected chi connectivity index (χ4v) is 4.00. The van der Waals surface area contributed by atoms with Gasteiger partial charge < -0.3 is 4.74 Å². The summed E-state index contributed by atoms with van der Waals surface area (Å²) in [7, 11) is -3.63. The Morgan fingerprint density at radius 1 is 1.19 bits per heavy atom. The van der Waals surface area contributed by atoms with Crippen LogP contribution in [0.2, 0.25) is 0 Å². The molecule has 112 valence electrons. The number of aryl methyl sites for hydroxylation is 1. The van der Waals surface area contributed by atoms with Crippen LogP contribution in [0.1, 0.15) is 12.5 Å². The van der Waals surface area contributed by atoms with Crippen LogP contribution in [0.15, 0.2) is 51.8 Å². The first kappa shape index (κ1) is 15.9. The van der Waals surface area contributed by atoms with E-state index in [-0.39, 0.29) is 4.90 Å². The lowest BCUT2D eigenvalue weighted by Gasteiger charge is -2.13. The number of halogens is 1. The summed E-state index contributed by atoms with van der Waals surface area (Å²) < 4.78 is 33.3. The number of benzene rings is 2. The lowest BCUT2D eigenvalue weighted by molar-refractivity contribution is 0.340. The summed E-state index contributed by atoms with van der Waals surface area (Å²) in [6.45, 7) is 4.31. The molecule has 4 nitrogen and oxygen atoms in total. The van der Waals surface area contributed by atoms with E-state index in [1.807, 2.05) is 13.8 Å². The average molecular weight is 370 g/mol. The average Bonchev–Trinajstić information content (AvgIpc) is 2.42. The number of ether oxygens (including phenoxy) is 1. The SMILES string of the molecule is CCOc1ccc(NS(=O)(=O)c2ccccc2Br)c(C)c1. The van der Waals surface area contributed by atoms with Crippen LogP contribution < -0.4 is 9.46 Å². The molecule has 2 rings (SSSR count). The third-order valence-corrected chi connectivity index (χ3v) is 5.26. The Bertz CT molecular complexity index is 744. The molecular weight excluding hydrogens is 354 g/mol. The second-order valence-corrected chi connectivity index (χ2v) is 6.95. The quantitative estimate of drug-likeness (QED) is 0.867. The Morgan fingerprint density at radius 2 is 1.90 bits per heavy atom. The van der Waals surface area contributed by atoms with E-state index in [1.54, 1.807) is 42.5 Å². The first-order valence-electron chi connectivity index (χ1n) is 6.45. The highest BCUT2D eigenvalue weighted by atomic mass is 79.9. The molecule has 0 heterocycles. The van der Waals surface area contributed by atoms with Crippen molar-refractivity contribution in [1.82, 2.24) is 0 Å². The van der Waals surface area contributed by atoms with E-state index in [4.69, 9.17) is 4.74 Å². The van der Waals surface area contributed by atoms with Crippen molar-refractivity contribution in [3.05, 3.63) is 52.5 Å². The topological polar surface area (TPSA) is 55.4 Å². The van der Waals surface area contributed by atoms with E-state index in [2.05, 4.69) is 20.7 Å². The minimum atomic E-state index is -3.63. The van der Waals surface area contributed by atoms with Gasteiger partial charge in [-0.3, -0.25) is 4.72 Å². The van der Waals surface area contributed by atoms with E-state index in [0.717, 1.165) is 11.3 Å². The standard InChI is InChI=1S/C15H16BrNO3S/c1-3-20-12-8-9-14(11(2)10-12)17-21(18,19)15-7-5-4-6-13(15)16/h4-10,17H,3H2,1-2H3. The summed E-state index contributed by atoms with van der Waals surface area (Å²) in [6, 6.07) is 12.0. The fourth-order valence-electron chi connectivity index (χ4n) is 1.87. The van der Waals surface area contributed by atoms with E-state index in [1.165, 1.54) is 0 Å². The molecular formula is C15H16BrNO3S. The molecule has 0 aromatic heterocycles. The van der Waals surface area contributed by atoms with Crippen LogP contribution >= 0.6 is 15.9 Å². The van der Waals surface area contributed by atoms with Gasteiger partial charge in [0.25, 0.3) is 10.0 Å². The van der Waals surface area contributed by atoms with Gasteiger partial charge in [0.05, 0.1) is 12.3 Å². The number of hydrogen-bond acceptors (Lipinski definition) is 3. The molecule has 2 aromatic carbocycles. The van der Waals surface area contributed by atoms with Crippen molar-refractivity contribution in [2.45, 2.75) is 18.7 Å². The molecule has 0 saturated heterocycles. The predicted octanol–water partition coefficient (Wildman–Crippen LogP) is 3.96. The number of sulfonamides is 1. The molecule has 0 radical (unpaired) electrons. The second kappa shape index (κ2) is 6.49. The summed E-state index contributed by atoms with van der Waals surface area (Å²) in [5.74, 6) is 0.721. The van der Waals surface area contributed by atoms with Crippen LogP contribution in [0.5, 0.6) is 5.75 Å². The van der Waals surface area contributed by atoms with Gasteiger partial charge in [0.1, 0.15) is 10.6 Å². The van der Waals surface area contributed by atoms with Gasteiger partial charge in [0.2, 0.25) is 0 Å². The molecule has 0 bridgehead atoms. The molecule has 0 fully saturated rings.